The monoisotopic (exact) mass is 250 g/mol. The first-order valence-electron chi connectivity index (χ1n) is 4.58. The lowest BCUT2D eigenvalue weighted by molar-refractivity contribution is 0.345. The summed E-state index contributed by atoms with van der Waals surface area (Å²) in [5, 5.41) is 3.33. The maximum atomic E-state index is 5.52. The lowest BCUT2D eigenvalue weighted by atomic mass is 10.1. The molecule has 0 N–H and O–H groups in total. The Kier molecular flexibility index (Phi) is 3.04. The highest BCUT2D eigenvalue weighted by Crippen LogP contribution is 2.20. The molecular weight excluding hydrogens is 240 g/mol. The van der Waals surface area contributed by atoms with E-state index in [1.54, 1.807) is 0 Å². The van der Waals surface area contributed by atoms with E-state index in [2.05, 4.69) is 40.2 Å². The van der Waals surface area contributed by atoms with Gasteiger partial charge in [0.05, 0.1) is 6.61 Å². The maximum absolute atomic E-state index is 5.52. The van der Waals surface area contributed by atoms with Crippen LogP contribution in [-0.2, 0) is 0 Å². The topological polar surface area (TPSA) is 9.23 Å². The molecule has 0 fully saturated rings. The summed E-state index contributed by atoms with van der Waals surface area (Å²) in [6.07, 6.45) is 0. The van der Waals surface area contributed by atoms with Gasteiger partial charge in [-0.25, -0.2) is 0 Å². The second kappa shape index (κ2) is 4.47. The zero-order valence-corrected chi connectivity index (χ0v) is 9.33. The van der Waals surface area contributed by atoms with E-state index in [1.807, 2.05) is 18.2 Å². The summed E-state index contributed by atoms with van der Waals surface area (Å²) in [6.45, 7) is 0.707. The highest BCUT2D eigenvalue weighted by molar-refractivity contribution is 9.09. The van der Waals surface area contributed by atoms with Gasteiger partial charge in [0.1, 0.15) is 5.75 Å². The van der Waals surface area contributed by atoms with Gasteiger partial charge in [-0.1, -0.05) is 46.3 Å². The summed E-state index contributed by atoms with van der Waals surface area (Å²) < 4.78 is 5.52. The van der Waals surface area contributed by atoms with Crippen LogP contribution in [0.1, 0.15) is 0 Å². The average molecular weight is 251 g/mol. The second-order valence-corrected chi connectivity index (χ2v) is 3.84. The second-order valence-electron chi connectivity index (χ2n) is 3.05. The van der Waals surface area contributed by atoms with E-state index in [0.29, 0.717) is 6.61 Å². The summed E-state index contributed by atoms with van der Waals surface area (Å²) >= 11 is 3.33. The Balaban J connectivity index is 2.32. The standard InChI is InChI=1S/C12H11BrO/c13-7-8-14-12-6-5-10-3-1-2-4-11(10)9-12/h1-6,9H,7-8H2. The van der Waals surface area contributed by atoms with Gasteiger partial charge in [-0.3, -0.25) is 0 Å². The third-order valence-corrected chi connectivity index (χ3v) is 2.39. The summed E-state index contributed by atoms with van der Waals surface area (Å²) in [5.74, 6) is 0.933. The Labute approximate surface area is 91.8 Å². The Hall–Kier alpha value is -1.02. The van der Waals surface area contributed by atoms with Crippen LogP contribution in [0.4, 0.5) is 0 Å². The van der Waals surface area contributed by atoms with Crippen LogP contribution in [0, 0.1) is 0 Å². The van der Waals surface area contributed by atoms with Crippen LogP contribution in [-0.4, -0.2) is 11.9 Å². The van der Waals surface area contributed by atoms with Crippen LogP contribution in [0.15, 0.2) is 42.5 Å². The molecule has 72 valence electrons. The van der Waals surface area contributed by atoms with Crippen molar-refractivity contribution in [3.8, 4) is 5.75 Å². The molecule has 0 unspecified atom stereocenters. The molecule has 2 rings (SSSR count). The number of hydrogen-bond acceptors (Lipinski definition) is 1. The fourth-order valence-corrected chi connectivity index (χ4v) is 1.58. The van der Waals surface area contributed by atoms with Gasteiger partial charge in [-0.05, 0) is 22.9 Å². The number of hydrogen-bond donors (Lipinski definition) is 0. The van der Waals surface area contributed by atoms with Crippen molar-refractivity contribution < 1.29 is 4.74 Å². The fourth-order valence-electron chi connectivity index (χ4n) is 1.41. The minimum Gasteiger partial charge on any atom is -0.493 e. The highest BCUT2D eigenvalue weighted by Gasteiger charge is 1.95. The Morgan fingerprint density at radius 2 is 1.79 bits per heavy atom. The quantitative estimate of drug-likeness (QED) is 0.757. The van der Waals surface area contributed by atoms with Crippen molar-refractivity contribution in [3.05, 3.63) is 42.5 Å². The first-order chi connectivity index (χ1) is 6.90. The van der Waals surface area contributed by atoms with Crippen molar-refractivity contribution in [1.82, 2.24) is 0 Å². The van der Waals surface area contributed by atoms with Gasteiger partial charge in [0.15, 0.2) is 0 Å². The maximum Gasteiger partial charge on any atom is 0.119 e. The first-order valence-corrected chi connectivity index (χ1v) is 5.70. The zero-order chi connectivity index (χ0) is 9.80. The van der Waals surface area contributed by atoms with Crippen LogP contribution in [0.3, 0.4) is 0 Å². The largest absolute Gasteiger partial charge is 0.493 e. The SMILES string of the molecule is BrCCOc1ccc2ccccc2c1. The van der Waals surface area contributed by atoms with E-state index in [0.717, 1.165) is 11.1 Å². The number of rotatable bonds is 3. The van der Waals surface area contributed by atoms with Gasteiger partial charge in [0, 0.05) is 5.33 Å². The van der Waals surface area contributed by atoms with Gasteiger partial charge in [0.2, 0.25) is 0 Å². The molecule has 0 radical (unpaired) electrons. The lowest BCUT2D eigenvalue weighted by Crippen LogP contribution is -1.97. The molecular formula is C12H11BrO. The molecule has 0 saturated heterocycles. The van der Waals surface area contributed by atoms with E-state index in [9.17, 15) is 0 Å². The minimum atomic E-state index is 0.707. The molecule has 0 aliphatic carbocycles. The predicted molar refractivity (Wildman–Crippen MR) is 63.2 cm³/mol. The summed E-state index contributed by atoms with van der Waals surface area (Å²) in [7, 11) is 0. The van der Waals surface area contributed by atoms with E-state index in [1.165, 1.54) is 10.8 Å². The molecule has 0 aromatic heterocycles. The lowest BCUT2D eigenvalue weighted by Gasteiger charge is -2.04. The molecule has 0 aliphatic heterocycles. The fraction of sp³-hybridized carbons (Fsp3) is 0.167. The molecule has 0 saturated carbocycles. The van der Waals surface area contributed by atoms with E-state index >= 15 is 0 Å². The summed E-state index contributed by atoms with van der Waals surface area (Å²) in [5.41, 5.74) is 0. The molecule has 0 atom stereocenters. The Bertz CT molecular complexity index is 425. The number of halogens is 1. The van der Waals surface area contributed by atoms with Crippen LogP contribution >= 0.6 is 15.9 Å². The molecule has 2 heteroatoms. The van der Waals surface area contributed by atoms with Crippen molar-refractivity contribution in [2.24, 2.45) is 0 Å². The number of benzene rings is 2. The van der Waals surface area contributed by atoms with Crippen LogP contribution < -0.4 is 4.74 Å². The van der Waals surface area contributed by atoms with Gasteiger partial charge in [-0.2, -0.15) is 0 Å². The normalized spacial score (nSPS) is 10.4. The number of ether oxygens (including phenoxy) is 1. The minimum absolute atomic E-state index is 0.707. The molecule has 2 aromatic rings. The molecule has 0 bridgehead atoms. The first kappa shape index (κ1) is 9.53. The molecule has 1 nitrogen and oxygen atoms in total. The van der Waals surface area contributed by atoms with Crippen LogP contribution in [0.5, 0.6) is 5.75 Å². The van der Waals surface area contributed by atoms with Gasteiger partial charge in [-0.15, -0.1) is 0 Å². The Morgan fingerprint density at radius 3 is 2.57 bits per heavy atom. The number of fused-ring (bicyclic) bond motifs is 1. The molecule has 0 spiro atoms. The van der Waals surface area contributed by atoms with Gasteiger partial charge < -0.3 is 4.74 Å². The zero-order valence-electron chi connectivity index (χ0n) is 7.74. The van der Waals surface area contributed by atoms with E-state index in [4.69, 9.17) is 4.74 Å². The third-order valence-electron chi connectivity index (χ3n) is 2.07. The van der Waals surface area contributed by atoms with Crippen LogP contribution in [0.25, 0.3) is 10.8 Å². The van der Waals surface area contributed by atoms with Crippen molar-refractivity contribution in [2.45, 2.75) is 0 Å². The van der Waals surface area contributed by atoms with Gasteiger partial charge >= 0.3 is 0 Å². The van der Waals surface area contributed by atoms with Crippen molar-refractivity contribution in [2.75, 3.05) is 11.9 Å². The molecule has 14 heavy (non-hydrogen) atoms. The van der Waals surface area contributed by atoms with Gasteiger partial charge in [0.25, 0.3) is 0 Å². The van der Waals surface area contributed by atoms with Crippen LogP contribution in [0.2, 0.25) is 0 Å². The van der Waals surface area contributed by atoms with Crippen molar-refractivity contribution in [1.29, 1.82) is 0 Å². The van der Waals surface area contributed by atoms with E-state index < -0.39 is 0 Å². The highest BCUT2D eigenvalue weighted by atomic mass is 79.9. The summed E-state index contributed by atoms with van der Waals surface area (Å²) in [6, 6.07) is 14.4. The number of alkyl halides is 1. The smallest absolute Gasteiger partial charge is 0.119 e. The average Bonchev–Trinajstić information content (AvgIpc) is 2.26. The van der Waals surface area contributed by atoms with E-state index in [-0.39, 0.29) is 0 Å². The molecule has 0 amide bonds. The third kappa shape index (κ3) is 2.07. The molecule has 2 aromatic carbocycles. The summed E-state index contributed by atoms with van der Waals surface area (Å²) in [4.78, 5) is 0. The Morgan fingerprint density at radius 1 is 1.00 bits per heavy atom. The predicted octanol–water partition coefficient (Wildman–Crippen LogP) is 3.61. The van der Waals surface area contributed by atoms with Crippen molar-refractivity contribution in [3.63, 3.8) is 0 Å². The van der Waals surface area contributed by atoms with Crippen molar-refractivity contribution >= 4 is 26.7 Å². The molecule has 0 aliphatic rings. The molecule has 0 heterocycles.